The van der Waals surface area contributed by atoms with E-state index >= 15 is 0 Å². The Hall–Kier alpha value is -1.79. The minimum atomic E-state index is -0.936. The maximum Gasteiger partial charge on any atom is 0.237 e. The van der Waals surface area contributed by atoms with E-state index in [9.17, 15) is 9.59 Å². The van der Waals surface area contributed by atoms with Crippen LogP contribution in [0.4, 0.5) is 0 Å². The second-order valence-electron chi connectivity index (χ2n) is 4.56. The first-order valence-electron chi connectivity index (χ1n) is 5.42. The second-order valence-corrected chi connectivity index (χ2v) is 4.56. The number of primary amides is 1. The first-order valence-corrected chi connectivity index (χ1v) is 5.42. The molecule has 0 aromatic heterocycles. The van der Waals surface area contributed by atoms with Gasteiger partial charge in [0.15, 0.2) is 5.84 Å². The van der Waals surface area contributed by atoms with Crippen LogP contribution in [0.5, 0.6) is 0 Å². The lowest BCUT2D eigenvalue weighted by Gasteiger charge is -2.29. The van der Waals surface area contributed by atoms with Crippen LogP contribution in [-0.4, -0.2) is 40.3 Å². The van der Waals surface area contributed by atoms with Crippen LogP contribution in [0.2, 0.25) is 0 Å². The summed E-state index contributed by atoms with van der Waals surface area (Å²) in [6.07, 6.45) is 1.06. The van der Waals surface area contributed by atoms with E-state index in [0.29, 0.717) is 12.8 Å². The van der Waals surface area contributed by atoms with Crippen molar-refractivity contribution < 1.29 is 14.8 Å². The first kappa shape index (κ1) is 13.3. The topological polar surface area (TPSA) is 122 Å². The number of amides is 2. The van der Waals surface area contributed by atoms with Gasteiger partial charge in [0.25, 0.3) is 0 Å². The van der Waals surface area contributed by atoms with E-state index in [2.05, 4.69) is 5.16 Å². The molecule has 17 heavy (non-hydrogen) atoms. The van der Waals surface area contributed by atoms with Gasteiger partial charge < -0.3 is 21.6 Å². The average molecular weight is 242 g/mol. The van der Waals surface area contributed by atoms with Gasteiger partial charge in [0.1, 0.15) is 5.41 Å². The van der Waals surface area contributed by atoms with E-state index in [1.54, 1.807) is 13.8 Å². The fourth-order valence-electron chi connectivity index (χ4n) is 1.73. The van der Waals surface area contributed by atoms with Crippen molar-refractivity contribution in [3.63, 3.8) is 0 Å². The molecule has 0 aromatic rings. The lowest BCUT2D eigenvalue weighted by molar-refractivity contribution is -0.139. The normalized spacial score (nSPS) is 17.9. The summed E-state index contributed by atoms with van der Waals surface area (Å²) in [5.41, 5.74) is 9.68. The number of nitrogens with zero attached hydrogens (tertiary/aromatic N) is 2. The van der Waals surface area contributed by atoms with Crippen molar-refractivity contribution in [2.24, 2.45) is 22.0 Å². The molecule has 0 radical (unpaired) electrons. The molecule has 0 bridgehead atoms. The number of hydrogen-bond donors (Lipinski definition) is 3. The Bertz CT molecular complexity index is 361. The van der Waals surface area contributed by atoms with Gasteiger partial charge in [-0.25, -0.2) is 0 Å². The molecule has 7 nitrogen and oxygen atoms in total. The lowest BCUT2D eigenvalue weighted by Crippen LogP contribution is -2.49. The summed E-state index contributed by atoms with van der Waals surface area (Å²) in [7, 11) is 0. The minimum Gasteiger partial charge on any atom is -0.409 e. The van der Waals surface area contributed by atoms with Crippen molar-refractivity contribution in [2.45, 2.75) is 32.7 Å². The van der Waals surface area contributed by atoms with Gasteiger partial charge >= 0.3 is 0 Å². The highest BCUT2D eigenvalue weighted by Gasteiger charge is 2.56. The predicted molar refractivity (Wildman–Crippen MR) is 61.1 cm³/mol. The van der Waals surface area contributed by atoms with E-state index in [0.717, 1.165) is 0 Å². The van der Waals surface area contributed by atoms with Crippen LogP contribution in [-0.2, 0) is 9.59 Å². The number of hydrogen-bond acceptors (Lipinski definition) is 4. The van der Waals surface area contributed by atoms with E-state index in [-0.39, 0.29) is 24.3 Å². The summed E-state index contributed by atoms with van der Waals surface area (Å²) in [6.45, 7) is 3.41. The van der Waals surface area contributed by atoms with Gasteiger partial charge in [0.2, 0.25) is 11.8 Å². The molecular weight excluding hydrogens is 224 g/mol. The van der Waals surface area contributed by atoms with E-state index in [1.165, 1.54) is 4.90 Å². The summed E-state index contributed by atoms with van der Waals surface area (Å²) in [6, 6.07) is -0.168. The highest BCUT2D eigenvalue weighted by Crippen LogP contribution is 2.47. The molecule has 0 aromatic carbocycles. The number of oxime groups is 1. The van der Waals surface area contributed by atoms with E-state index in [4.69, 9.17) is 16.7 Å². The van der Waals surface area contributed by atoms with Crippen LogP contribution in [0, 0.1) is 5.41 Å². The number of carbonyl (C=O) groups excluding carboxylic acids is 2. The van der Waals surface area contributed by atoms with Crippen molar-refractivity contribution in [2.75, 3.05) is 6.54 Å². The third-order valence-corrected chi connectivity index (χ3v) is 2.97. The molecule has 96 valence electrons. The molecule has 5 N–H and O–H groups in total. The molecule has 1 rings (SSSR count). The number of rotatable bonds is 5. The molecule has 1 aliphatic rings. The van der Waals surface area contributed by atoms with Crippen molar-refractivity contribution in [3.05, 3.63) is 0 Å². The van der Waals surface area contributed by atoms with Crippen molar-refractivity contribution in [1.29, 1.82) is 0 Å². The monoisotopic (exact) mass is 242 g/mol. The van der Waals surface area contributed by atoms with Crippen LogP contribution in [0.15, 0.2) is 5.16 Å². The Balaban J connectivity index is 2.89. The zero-order chi connectivity index (χ0) is 13.2. The number of carbonyl (C=O) groups is 2. The molecule has 0 heterocycles. The zero-order valence-corrected chi connectivity index (χ0v) is 10.0. The number of nitrogens with two attached hydrogens (primary N) is 2. The second kappa shape index (κ2) is 4.60. The van der Waals surface area contributed by atoms with Gasteiger partial charge in [-0.05, 0) is 26.7 Å². The molecule has 0 atom stereocenters. The predicted octanol–water partition coefficient (Wildman–Crippen LogP) is -0.765. The summed E-state index contributed by atoms with van der Waals surface area (Å²) in [4.78, 5) is 24.5. The summed E-state index contributed by atoms with van der Waals surface area (Å²) >= 11 is 0. The maximum atomic E-state index is 12.3. The minimum absolute atomic E-state index is 0.0994. The third kappa shape index (κ3) is 2.48. The Morgan fingerprint density at radius 1 is 1.41 bits per heavy atom. The zero-order valence-electron chi connectivity index (χ0n) is 10.0. The molecule has 1 saturated carbocycles. The molecular formula is C10H18N4O3. The van der Waals surface area contributed by atoms with Crippen LogP contribution in [0.25, 0.3) is 0 Å². The van der Waals surface area contributed by atoms with Gasteiger partial charge in [-0.2, -0.15) is 0 Å². The fraction of sp³-hybridized carbons (Fsp3) is 0.700. The largest absolute Gasteiger partial charge is 0.409 e. The summed E-state index contributed by atoms with van der Waals surface area (Å²) < 4.78 is 0. The lowest BCUT2D eigenvalue weighted by atomic mass is 10.0. The summed E-state index contributed by atoms with van der Waals surface area (Å²) in [5.74, 6) is -0.985. The highest BCUT2D eigenvalue weighted by molar-refractivity contribution is 6.10. The third-order valence-electron chi connectivity index (χ3n) is 2.97. The van der Waals surface area contributed by atoms with Gasteiger partial charge in [0.05, 0.1) is 6.54 Å². The molecule has 2 amide bonds. The van der Waals surface area contributed by atoms with Crippen LogP contribution in [0.1, 0.15) is 26.7 Å². The SMILES string of the molecule is CC(C)N(CC(N)=O)C(=O)C1(C(N)=NO)CC1. The fourth-order valence-corrected chi connectivity index (χ4v) is 1.73. The average Bonchev–Trinajstić information content (AvgIpc) is 3.04. The molecule has 1 fully saturated rings. The van der Waals surface area contributed by atoms with E-state index < -0.39 is 11.3 Å². The van der Waals surface area contributed by atoms with Crippen molar-refractivity contribution >= 4 is 17.6 Å². The van der Waals surface area contributed by atoms with Gasteiger partial charge in [-0.3, -0.25) is 9.59 Å². The molecule has 7 heteroatoms. The van der Waals surface area contributed by atoms with Crippen LogP contribution >= 0.6 is 0 Å². The summed E-state index contributed by atoms with van der Waals surface area (Å²) in [5, 5.41) is 11.6. The smallest absolute Gasteiger partial charge is 0.237 e. The Labute approximate surface area is 99.4 Å². The van der Waals surface area contributed by atoms with E-state index in [1.807, 2.05) is 0 Å². The molecule has 0 spiro atoms. The molecule has 0 unspecified atom stereocenters. The Morgan fingerprint density at radius 3 is 2.24 bits per heavy atom. The van der Waals surface area contributed by atoms with Crippen LogP contribution < -0.4 is 11.5 Å². The van der Waals surface area contributed by atoms with Gasteiger partial charge in [0, 0.05) is 6.04 Å². The molecule has 1 aliphatic carbocycles. The standard InChI is InChI=1S/C10H18N4O3/c1-6(2)14(5-7(11)15)9(16)10(3-4-10)8(12)13-17/h6,17H,3-5H2,1-2H3,(H2,11,15)(H2,12,13). The Morgan fingerprint density at radius 2 is 1.94 bits per heavy atom. The molecule has 0 aliphatic heterocycles. The van der Waals surface area contributed by atoms with Gasteiger partial charge in [-0.15, -0.1) is 0 Å². The quantitative estimate of drug-likeness (QED) is 0.254. The van der Waals surface area contributed by atoms with Crippen molar-refractivity contribution in [1.82, 2.24) is 4.90 Å². The van der Waals surface area contributed by atoms with Crippen molar-refractivity contribution in [3.8, 4) is 0 Å². The molecule has 0 saturated heterocycles. The van der Waals surface area contributed by atoms with Crippen LogP contribution in [0.3, 0.4) is 0 Å². The first-order chi connectivity index (χ1) is 7.85. The van der Waals surface area contributed by atoms with Gasteiger partial charge in [-0.1, -0.05) is 5.16 Å². The number of amidine groups is 1. The Kier molecular flexibility index (Phi) is 3.59. The highest BCUT2D eigenvalue weighted by atomic mass is 16.4. The maximum absolute atomic E-state index is 12.3.